The van der Waals surface area contributed by atoms with Gasteiger partial charge in [-0.15, -0.1) is 0 Å². The van der Waals surface area contributed by atoms with Gasteiger partial charge >= 0.3 is 0 Å². The van der Waals surface area contributed by atoms with Crippen molar-refractivity contribution >= 4 is 5.71 Å². The van der Waals surface area contributed by atoms with E-state index in [1.807, 2.05) is 6.92 Å². The molecule has 0 rings (SSSR count). The summed E-state index contributed by atoms with van der Waals surface area (Å²) in [6.45, 7) is 8.22. The molecule has 0 amide bonds. The van der Waals surface area contributed by atoms with E-state index in [0.29, 0.717) is 12.5 Å². The monoisotopic (exact) mass is 184 g/mol. The zero-order valence-corrected chi connectivity index (χ0v) is 8.91. The Labute approximate surface area is 80.4 Å². The molecule has 3 heteroatoms. The van der Waals surface area contributed by atoms with E-state index >= 15 is 0 Å². The Morgan fingerprint density at radius 2 is 2.00 bits per heavy atom. The van der Waals surface area contributed by atoms with Gasteiger partial charge in [0.15, 0.2) is 0 Å². The lowest BCUT2D eigenvalue weighted by Gasteiger charge is -2.10. The lowest BCUT2D eigenvalue weighted by Crippen LogP contribution is -2.11. The number of rotatable bonds is 4. The van der Waals surface area contributed by atoms with Crippen LogP contribution in [0.3, 0.4) is 0 Å². The van der Waals surface area contributed by atoms with Crippen LogP contribution in [0.5, 0.6) is 0 Å². The Bertz CT molecular complexity index is 205. The first kappa shape index (κ1) is 12.2. The summed E-state index contributed by atoms with van der Waals surface area (Å²) in [5.41, 5.74) is 7.43. The molecule has 0 aliphatic rings. The van der Waals surface area contributed by atoms with Crippen LogP contribution in [0.1, 0.15) is 27.7 Å². The summed E-state index contributed by atoms with van der Waals surface area (Å²) in [7, 11) is 0. The van der Waals surface area contributed by atoms with Crippen LogP contribution in [0.4, 0.5) is 0 Å². The van der Waals surface area contributed by atoms with Crippen LogP contribution in [-0.4, -0.2) is 23.5 Å². The molecule has 0 aromatic carbocycles. The number of allylic oxidation sites excluding steroid dienone is 1. The molecule has 0 aliphatic carbocycles. The Balaban J connectivity index is 4.38. The molecule has 76 valence electrons. The highest BCUT2D eigenvalue weighted by Gasteiger charge is 2.05. The molecule has 13 heavy (non-hydrogen) atoms. The van der Waals surface area contributed by atoms with Gasteiger partial charge in [0, 0.05) is 5.71 Å². The molecule has 1 atom stereocenters. The fraction of sp³-hybridized carbons (Fsp3) is 0.700. The topological polar surface area (TPSA) is 58.6 Å². The van der Waals surface area contributed by atoms with Gasteiger partial charge in [0.1, 0.15) is 0 Å². The summed E-state index contributed by atoms with van der Waals surface area (Å²) in [6.07, 6.45) is 1.20. The second kappa shape index (κ2) is 5.75. The summed E-state index contributed by atoms with van der Waals surface area (Å²) in [6, 6.07) is 0. The maximum absolute atomic E-state index is 9.04. The molecule has 3 nitrogen and oxygen atoms in total. The molecule has 1 unspecified atom stereocenters. The van der Waals surface area contributed by atoms with Gasteiger partial charge in [-0.1, -0.05) is 13.8 Å². The Hall–Kier alpha value is -0.830. The smallest absolute Gasteiger partial charge is 0.0707 e. The van der Waals surface area contributed by atoms with Crippen molar-refractivity contribution in [1.82, 2.24) is 0 Å². The van der Waals surface area contributed by atoms with Crippen molar-refractivity contribution in [3.05, 3.63) is 11.8 Å². The van der Waals surface area contributed by atoms with Crippen LogP contribution >= 0.6 is 0 Å². The van der Waals surface area contributed by atoms with E-state index in [1.54, 1.807) is 13.1 Å². The van der Waals surface area contributed by atoms with Gasteiger partial charge in [0.2, 0.25) is 0 Å². The molecular weight excluding hydrogens is 164 g/mol. The van der Waals surface area contributed by atoms with Crippen LogP contribution < -0.4 is 5.73 Å². The number of nitrogens with zero attached hydrogens (tertiary/aromatic N) is 1. The number of aliphatic hydroxyl groups is 1. The first-order valence-electron chi connectivity index (χ1n) is 4.60. The van der Waals surface area contributed by atoms with Crippen LogP contribution in [0.2, 0.25) is 0 Å². The highest BCUT2D eigenvalue weighted by atomic mass is 16.3. The van der Waals surface area contributed by atoms with Crippen molar-refractivity contribution in [2.45, 2.75) is 33.8 Å². The van der Waals surface area contributed by atoms with Gasteiger partial charge in [0.05, 0.1) is 12.6 Å². The standard InChI is InChI=1S/C10H20N2O/c1-7(2)10(5-11)9(4)12-6-8(3)13/h5,7-8,13H,6,11H2,1-4H3/b10-5-,12-9?. The van der Waals surface area contributed by atoms with E-state index in [9.17, 15) is 0 Å². The lowest BCUT2D eigenvalue weighted by molar-refractivity contribution is 0.204. The minimum absolute atomic E-state index is 0.378. The fourth-order valence-electron chi connectivity index (χ4n) is 1.09. The van der Waals surface area contributed by atoms with Gasteiger partial charge in [-0.2, -0.15) is 0 Å². The summed E-state index contributed by atoms with van der Waals surface area (Å²) >= 11 is 0. The first-order valence-corrected chi connectivity index (χ1v) is 4.60. The molecule has 0 heterocycles. The summed E-state index contributed by atoms with van der Waals surface area (Å²) < 4.78 is 0. The van der Waals surface area contributed by atoms with Crippen molar-refractivity contribution in [1.29, 1.82) is 0 Å². The van der Waals surface area contributed by atoms with Gasteiger partial charge in [0.25, 0.3) is 0 Å². The number of nitrogens with two attached hydrogens (primary N) is 1. The molecule has 0 saturated heterocycles. The maximum Gasteiger partial charge on any atom is 0.0707 e. The third-order valence-electron chi connectivity index (χ3n) is 1.81. The average molecular weight is 184 g/mol. The summed E-state index contributed by atoms with van der Waals surface area (Å²) in [4.78, 5) is 4.23. The second-order valence-corrected chi connectivity index (χ2v) is 3.55. The molecule has 0 bridgehead atoms. The van der Waals surface area contributed by atoms with Crippen LogP contribution in [0, 0.1) is 5.92 Å². The summed E-state index contributed by atoms with van der Waals surface area (Å²) in [5.74, 6) is 0.378. The SMILES string of the molecule is CC(=NCC(C)O)/C(=C\N)C(C)C. The number of aliphatic hydroxyl groups excluding tert-OH is 1. The third kappa shape index (κ3) is 4.68. The van der Waals surface area contributed by atoms with Gasteiger partial charge in [-0.05, 0) is 31.5 Å². The molecule has 0 aromatic rings. The van der Waals surface area contributed by atoms with E-state index in [0.717, 1.165) is 11.3 Å². The van der Waals surface area contributed by atoms with E-state index in [-0.39, 0.29) is 6.10 Å². The molecule has 3 N–H and O–H groups in total. The van der Waals surface area contributed by atoms with Gasteiger partial charge < -0.3 is 10.8 Å². The molecule has 0 spiro atoms. The third-order valence-corrected chi connectivity index (χ3v) is 1.81. The zero-order valence-electron chi connectivity index (χ0n) is 8.91. The predicted octanol–water partition coefficient (Wildman–Crippen LogP) is 1.33. The quantitative estimate of drug-likeness (QED) is 0.647. The van der Waals surface area contributed by atoms with Gasteiger partial charge in [-0.25, -0.2) is 0 Å². The van der Waals surface area contributed by atoms with E-state index in [2.05, 4.69) is 18.8 Å². The molecule has 0 aromatic heterocycles. The van der Waals surface area contributed by atoms with Crippen LogP contribution in [-0.2, 0) is 0 Å². The van der Waals surface area contributed by atoms with Crippen LogP contribution in [0.15, 0.2) is 16.8 Å². The minimum Gasteiger partial charge on any atom is -0.404 e. The molecular formula is C10H20N2O. The lowest BCUT2D eigenvalue weighted by atomic mass is 10.0. The van der Waals surface area contributed by atoms with Crippen molar-refractivity contribution in [3.8, 4) is 0 Å². The normalized spacial score (nSPS) is 16.5. The minimum atomic E-state index is -0.388. The van der Waals surface area contributed by atoms with E-state index in [1.165, 1.54) is 0 Å². The highest BCUT2D eigenvalue weighted by Crippen LogP contribution is 2.10. The predicted molar refractivity (Wildman–Crippen MR) is 56.8 cm³/mol. The Kier molecular flexibility index (Phi) is 5.39. The first-order chi connectivity index (χ1) is 5.99. The Morgan fingerprint density at radius 3 is 2.31 bits per heavy atom. The maximum atomic E-state index is 9.04. The molecule has 0 fully saturated rings. The van der Waals surface area contributed by atoms with Crippen molar-refractivity contribution in [2.75, 3.05) is 6.54 Å². The second-order valence-electron chi connectivity index (χ2n) is 3.55. The van der Waals surface area contributed by atoms with E-state index < -0.39 is 0 Å². The Morgan fingerprint density at radius 1 is 1.46 bits per heavy atom. The highest BCUT2D eigenvalue weighted by molar-refractivity contribution is 5.98. The molecule has 0 aliphatic heterocycles. The van der Waals surface area contributed by atoms with E-state index in [4.69, 9.17) is 10.8 Å². The zero-order chi connectivity index (χ0) is 10.4. The molecule has 0 saturated carbocycles. The average Bonchev–Trinajstić information content (AvgIpc) is 2.01. The molecule has 0 radical (unpaired) electrons. The number of hydrogen-bond acceptors (Lipinski definition) is 3. The van der Waals surface area contributed by atoms with Crippen molar-refractivity contribution in [2.24, 2.45) is 16.6 Å². The number of aliphatic imine (C=N–C) groups is 1. The largest absolute Gasteiger partial charge is 0.404 e. The van der Waals surface area contributed by atoms with Crippen LogP contribution in [0.25, 0.3) is 0 Å². The fourth-order valence-corrected chi connectivity index (χ4v) is 1.09. The van der Waals surface area contributed by atoms with Crippen molar-refractivity contribution in [3.63, 3.8) is 0 Å². The van der Waals surface area contributed by atoms with Crippen molar-refractivity contribution < 1.29 is 5.11 Å². The summed E-state index contributed by atoms with van der Waals surface area (Å²) in [5, 5.41) is 9.04. The van der Waals surface area contributed by atoms with Gasteiger partial charge in [-0.3, -0.25) is 4.99 Å². The number of hydrogen-bond donors (Lipinski definition) is 2.